The predicted molar refractivity (Wildman–Crippen MR) is 144 cm³/mol. The number of aryl methyl sites for hydroxylation is 2. The van der Waals surface area contributed by atoms with E-state index in [0.717, 1.165) is 11.1 Å². The van der Waals surface area contributed by atoms with Gasteiger partial charge in [-0.15, -0.1) is 0 Å². The van der Waals surface area contributed by atoms with Crippen LogP contribution in [0.1, 0.15) is 16.7 Å². The van der Waals surface area contributed by atoms with E-state index in [1.54, 1.807) is 42.5 Å². The predicted octanol–water partition coefficient (Wildman–Crippen LogP) is 4.81. The second-order valence-electron chi connectivity index (χ2n) is 8.13. The van der Waals surface area contributed by atoms with Crippen LogP contribution in [0, 0.1) is 13.8 Å². The van der Waals surface area contributed by atoms with Gasteiger partial charge in [-0.3, -0.25) is 24.6 Å². The molecule has 0 bridgehead atoms. The first-order valence-corrected chi connectivity index (χ1v) is 11.8. The Hall–Kier alpha value is -4.01. The molecule has 1 saturated heterocycles. The lowest BCUT2D eigenvalue weighted by molar-refractivity contribution is -0.122. The number of hydrogen-bond acceptors (Lipinski definition) is 5. The minimum absolute atomic E-state index is 0.0148. The van der Waals surface area contributed by atoms with E-state index in [2.05, 4.69) is 10.6 Å². The number of ether oxygens (including phenoxy) is 1. The van der Waals surface area contributed by atoms with Crippen molar-refractivity contribution in [3.8, 4) is 5.75 Å². The van der Waals surface area contributed by atoms with Crippen LogP contribution in [0.4, 0.5) is 11.4 Å². The average Bonchev–Trinajstić information content (AvgIpc) is 2.83. The third-order valence-electron chi connectivity index (χ3n) is 5.40. The van der Waals surface area contributed by atoms with Crippen LogP contribution >= 0.6 is 23.8 Å². The van der Waals surface area contributed by atoms with E-state index < -0.39 is 11.8 Å². The van der Waals surface area contributed by atoms with E-state index in [9.17, 15) is 14.4 Å². The molecule has 0 aliphatic carbocycles. The molecule has 9 heteroatoms. The molecule has 0 unspecified atom stereocenters. The average molecular weight is 520 g/mol. The second-order valence-corrected chi connectivity index (χ2v) is 8.95. The summed E-state index contributed by atoms with van der Waals surface area (Å²) in [5.41, 5.74) is 3.44. The fourth-order valence-corrected chi connectivity index (χ4v) is 4.13. The van der Waals surface area contributed by atoms with Gasteiger partial charge in [-0.2, -0.15) is 0 Å². The summed E-state index contributed by atoms with van der Waals surface area (Å²) in [6, 6.07) is 19.2. The molecule has 0 saturated carbocycles. The van der Waals surface area contributed by atoms with Gasteiger partial charge in [-0.05, 0) is 74.1 Å². The van der Waals surface area contributed by atoms with Gasteiger partial charge in [0.25, 0.3) is 17.7 Å². The highest BCUT2D eigenvalue weighted by Gasteiger charge is 2.34. The third kappa shape index (κ3) is 5.62. The Labute approximate surface area is 218 Å². The Bertz CT molecular complexity index is 1410. The Kier molecular flexibility index (Phi) is 7.47. The minimum atomic E-state index is -0.643. The highest BCUT2D eigenvalue weighted by atomic mass is 35.5. The van der Waals surface area contributed by atoms with Crippen LogP contribution in [0.3, 0.4) is 0 Å². The molecule has 0 radical (unpaired) electrons. The standard InChI is InChI=1S/C27H22ClN3O4S/c1-16-8-10-22(17(2)12-16)29-24(32)15-35-23-11-9-19(28)13-18(23)14-21-25(33)30-27(36)31(26(21)34)20-6-4-3-5-7-20/h3-14H,15H2,1-2H3,(H,29,32)(H,30,33,36)/b21-14-. The third-order valence-corrected chi connectivity index (χ3v) is 5.92. The Morgan fingerprint density at radius 2 is 1.83 bits per heavy atom. The summed E-state index contributed by atoms with van der Waals surface area (Å²) in [5.74, 6) is -1.31. The number of thiocarbonyl (C=S) groups is 1. The molecule has 3 amide bonds. The summed E-state index contributed by atoms with van der Waals surface area (Å²) >= 11 is 11.4. The van der Waals surface area contributed by atoms with Crippen LogP contribution < -0.4 is 20.3 Å². The largest absolute Gasteiger partial charge is 0.483 e. The number of anilines is 2. The van der Waals surface area contributed by atoms with E-state index in [0.29, 0.717) is 22.0 Å². The molecule has 4 rings (SSSR count). The first-order chi connectivity index (χ1) is 17.2. The zero-order chi connectivity index (χ0) is 25.8. The van der Waals surface area contributed by atoms with Gasteiger partial charge in [0, 0.05) is 16.3 Å². The number of carbonyl (C=O) groups is 3. The number of nitrogens with zero attached hydrogens (tertiary/aromatic N) is 1. The van der Waals surface area contributed by atoms with Gasteiger partial charge >= 0.3 is 0 Å². The number of halogens is 1. The molecule has 7 nitrogen and oxygen atoms in total. The SMILES string of the molecule is Cc1ccc(NC(=O)COc2ccc(Cl)cc2/C=C2/C(=O)NC(=S)N(c3ccccc3)C2=O)c(C)c1. The van der Waals surface area contributed by atoms with Crippen molar-refractivity contribution in [2.45, 2.75) is 13.8 Å². The Balaban J connectivity index is 1.57. The molecule has 1 aliphatic rings. The smallest absolute Gasteiger partial charge is 0.270 e. The number of hydrogen-bond donors (Lipinski definition) is 2. The van der Waals surface area contributed by atoms with E-state index in [4.69, 9.17) is 28.6 Å². The van der Waals surface area contributed by atoms with Crippen molar-refractivity contribution in [3.63, 3.8) is 0 Å². The highest BCUT2D eigenvalue weighted by molar-refractivity contribution is 7.80. The lowest BCUT2D eigenvalue weighted by Crippen LogP contribution is -2.54. The quantitative estimate of drug-likeness (QED) is 0.277. The van der Waals surface area contributed by atoms with Gasteiger partial charge in [-0.1, -0.05) is 47.5 Å². The number of nitrogens with one attached hydrogen (secondary N) is 2. The lowest BCUT2D eigenvalue weighted by Gasteiger charge is -2.29. The molecule has 3 aromatic rings. The number of amides is 3. The van der Waals surface area contributed by atoms with Crippen molar-refractivity contribution in [2.24, 2.45) is 0 Å². The summed E-state index contributed by atoms with van der Waals surface area (Å²) < 4.78 is 5.74. The first kappa shape index (κ1) is 25.1. The van der Waals surface area contributed by atoms with Gasteiger partial charge < -0.3 is 10.1 Å². The molecule has 1 heterocycles. The molecular weight excluding hydrogens is 498 g/mol. The van der Waals surface area contributed by atoms with Crippen LogP contribution in [0.5, 0.6) is 5.75 Å². The van der Waals surface area contributed by atoms with Gasteiger partial charge in [0.1, 0.15) is 11.3 Å². The molecule has 182 valence electrons. The van der Waals surface area contributed by atoms with Gasteiger partial charge in [0.2, 0.25) is 0 Å². The Morgan fingerprint density at radius 3 is 2.56 bits per heavy atom. The molecule has 0 aromatic heterocycles. The second kappa shape index (κ2) is 10.7. The minimum Gasteiger partial charge on any atom is -0.483 e. The maximum Gasteiger partial charge on any atom is 0.270 e. The van der Waals surface area contributed by atoms with Crippen molar-refractivity contribution in [1.82, 2.24) is 5.32 Å². The number of rotatable bonds is 6. The summed E-state index contributed by atoms with van der Waals surface area (Å²) in [5, 5.41) is 5.71. The highest BCUT2D eigenvalue weighted by Crippen LogP contribution is 2.28. The molecule has 0 atom stereocenters. The number of para-hydroxylation sites is 1. The van der Waals surface area contributed by atoms with E-state index in [1.807, 2.05) is 38.1 Å². The monoisotopic (exact) mass is 519 g/mol. The molecular formula is C27H22ClN3O4S. The van der Waals surface area contributed by atoms with Crippen molar-refractivity contribution in [1.29, 1.82) is 0 Å². The van der Waals surface area contributed by atoms with E-state index in [1.165, 1.54) is 11.0 Å². The van der Waals surface area contributed by atoms with Crippen molar-refractivity contribution in [2.75, 3.05) is 16.8 Å². The van der Waals surface area contributed by atoms with Crippen molar-refractivity contribution >= 4 is 64.1 Å². The fourth-order valence-electron chi connectivity index (χ4n) is 3.67. The zero-order valence-corrected chi connectivity index (χ0v) is 21.1. The van der Waals surface area contributed by atoms with E-state index in [-0.39, 0.29) is 28.9 Å². The molecule has 3 aromatic carbocycles. The molecule has 1 fully saturated rings. The normalized spacial score (nSPS) is 14.6. The zero-order valence-electron chi connectivity index (χ0n) is 19.5. The van der Waals surface area contributed by atoms with Gasteiger partial charge in [0.05, 0.1) is 5.69 Å². The summed E-state index contributed by atoms with van der Waals surface area (Å²) in [7, 11) is 0. The van der Waals surface area contributed by atoms with E-state index >= 15 is 0 Å². The summed E-state index contributed by atoms with van der Waals surface area (Å²) in [6.45, 7) is 3.59. The maximum atomic E-state index is 13.2. The van der Waals surface area contributed by atoms with Crippen LogP contribution in [0.2, 0.25) is 5.02 Å². The molecule has 1 aliphatic heterocycles. The van der Waals surface area contributed by atoms with Crippen molar-refractivity contribution in [3.05, 3.63) is 94.0 Å². The molecule has 0 spiro atoms. The summed E-state index contributed by atoms with van der Waals surface area (Å²) in [4.78, 5) is 39.7. The first-order valence-electron chi connectivity index (χ1n) is 11.0. The van der Waals surface area contributed by atoms with Crippen LogP contribution in [0.15, 0.2) is 72.3 Å². The topological polar surface area (TPSA) is 87.7 Å². The van der Waals surface area contributed by atoms with Crippen molar-refractivity contribution < 1.29 is 19.1 Å². The summed E-state index contributed by atoms with van der Waals surface area (Å²) in [6.07, 6.45) is 1.37. The van der Waals surface area contributed by atoms with Crippen LogP contribution in [-0.2, 0) is 14.4 Å². The number of carbonyl (C=O) groups excluding carboxylic acids is 3. The number of benzene rings is 3. The van der Waals surface area contributed by atoms with Gasteiger partial charge in [0.15, 0.2) is 11.7 Å². The van der Waals surface area contributed by atoms with Crippen LogP contribution in [-0.4, -0.2) is 29.4 Å². The van der Waals surface area contributed by atoms with Gasteiger partial charge in [-0.25, -0.2) is 0 Å². The lowest BCUT2D eigenvalue weighted by atomic mass is 10.1. The molecule has 36 heavy (non-hydrogen) atoms. The fraction of sp³-hybridized carbons (Fsp3) is 0.111. The maximum absolute atomic E-state index is 13.2. The Morgan fingerprint density at radius 1 is 1.08 bits per heavy atom. The molecule has 2 N–H and O–H groups in total. The van der Waals surface area contributed by atoms with Crippen LogP contribution in [0.25, 0.3) is 6.08 Å².